The van der Waals surface area contributed by atoms with Crippen molar-refractivity contribution in [2.75, 3.05) is 7.11 Å². The van der Waals surface area contributed by atoms with E-state index in [4.69, 9.17) is 9.72 Å². The van der Waals surface area contributed by atoms with E-state index in [-0.39, 0.29) is 5.97 Å². The average molecular weight is 473 g/mol. The predicted molar refractivity (Wildman–Crippen MR) is 132 cm³/mol. The predicted octanol–water partition coefficient (Wildman–Crippen LogP) is 5.12. The second-order valence-electron chi connectivity index (χ2n) is 7.99. The number of esters is 1. The Kier molecular flexibility index (Phi) is 6.18. The Balaban J connectivity index is 1.47. The molecule has 0 spiro atoms. The topological polar surface area (TPSA) is 98.6 Å². The summed E-state index contributed by atoms with van der Waals surface area (Å²) in [6.07, 6.45) is 2.99. The molecule has 3 heterocycles. The first-order valence-corrected chi connectivity index (χ1v) is 12.0. The van der Waals surface area contributed by atoms with Crippen LogP contribution >= 0.6 is 11.3 Å². The first-order valence-electron chi connectivity index (χ1n) is 11.2. The molecule has 0 unspecified atom stereocenters. The third kappa shape index (κ3) is 4.10. The molecule has 8 nitrogen and oxygen atoms in total. The van der Waals surface area contributed by atoms with Crippen molar-refractivity contribution in [1.29, 1.82) is 0 Å². The highest BCUT2D eigenvalue weighted by Crippen LogP contribution is 2.31. The number of H-pyrrole nitrogens is 1. The largest absolute Gasteiger partial charge is 0.465 e. The van der Waals surface area contributed by atoms with Crippen LogP contribution in [0.3, 0.4) is 0 Å². The van der Waals surface area contributed by atoms with Crippen LogP contribution in [-0.4, -0.2) is 43.3 Å². The quantitative estimate of drug-likeness (QED) is 0.315. The molecule has 5 rings (SSSR count). The van der Waals surface area contributed by atoms with Gasteiger partial charge < -0.3 is 9.30 Å². The Labute approximate surface area is 200 Å². The minimum Gasteiger partial charge on any atom is -0.465 e. The monoisotopic (exact) mass is 472 g/mol. The smallest absolute Gasteiger partial charge is 0.350 e. The summed E-state index contributed by atoms with van der Waals surface area (Å²) >= 11 is 1.38. The molecular formula is C25H24N6O2S. The van der Waals surface area contributed by atoms with E-state index in [9.17, 15) is 4.79 Å². The SMILES string of the molecule is CCCCc1nc2c(C(=O)OC)scc2n1Cc1ccc(-c2ccccc2-c2nn[nH]n2)cc1. The highest BCUT2D eigenvalue weighted by atomic mass is 32.1. The van der Waals surface area contributed by atoms with Gasteiger partial charge >= 0.3 is 5.97 Å². The fourth-order valence-electron chi connectivity index (χ4n) is 4.09. The van der Waals surface area contributed by atoms with E-state index in [1.54, 1.807) is 0 Å². The summed E-state index contributed by atoms with van der Waals surface area (Å²) in [5.41, 5.74) is 5.91. The zero-order valence-electron chi connectivity index (χ0n) is 19.0. The van der Waals surface area contributed by atoms with Crippen LogP contribution in [0.4, 0.5) is 0 Å². The number of hydrogen-bond donors (Lipinski definition) is 1. The highest BCUT2D eigenvalue weighted by molar-refractivity contribution is 7.13. The molecule has 34 heavy (non-hydrogen) atoms. The molecule has 0 amide bonds. The van der Waals surface area contributed by atoms with Gasteiger partial charge in [0.1, 0.15) is 16.2 Å². The molecule has 0 radical (unpaired) electrons. The van der Waals surface area contributed by atoms with Crippen molar-refractivity contribution in [3.8, 4) is 22.5 Å². The van der Waals surface area contributed by atoms with Gasteiger partial charge in [0.15, 0.2) is 0 Å². The van der Waals surface area contributed by atoms with E-state index in [2.05, 4.69) is 62.4 Å². The fourth-order valence-corrected chi connectivity index (χ4v) is 5.00. The van der Waals surface area contributed by atoms with Crippen molar-refractivity contribution in [3.63, 3.8) is 0 Å². The van der Waals surface area contributed by atoms with Gasteiger partial charge in [0, 0.05) is 23.9 Å². The number of hydrogen-bond acceptors (Lipinski definition) is 7. The molecule has 0 atom stereocenters. The number of nitrogens with one attached hydrogen (secondary N) is 1. The molecule has 9 heteroatoms. The minimum atomic E-state index is -0.337. The van der Waals surface area contributed by atoms with Crippen molar-refractivity contribution in [2.45, 2.75) is 32.7 Å². The molecule has 3 aromatic heterocycles. The van der Waals surface area contributed by atoms with Crippen LogP contribution in [0.1, 0.15) is 40.8 Å². The number of benzene rings is 2. The van der Waals surface area contributed by atoms with E-state index in [0.29, 0.717) is 17.2 Å². The molecular weight excluding hydrogens is 448 g/mol. The number of nitrogens with zero attached hydrogens (tertiary/aromatic N) is 5. The van der Waals surface area contributed by atoms with Gasteiger partial charge in [0.05, 0.1) is 12.6 Å². The first-order chi connectivity index (χ1) is 16.7. The van der Waals surface area contributed by atoms with Gasteiger partial charge in [-0.05, 0) is 28.3 Å². The number of fused-ring (bicyclic) bond motifs is 1. The van der Waals surface area contributed by atoms with Crippen molar-refractivity contribution in [2.24, 2.45) is 0 Å². The van der Waals surface area contributed by atoms with E-state index >= 15 is 0 Å². The number of aromatic amines is 1. The maximum Gasteiger partial charge on any atom is 0.350 e. The molecule has 172 valence electrons. The van der Waals surface area contributed by atoms with Crippen molar-refractivity contribution < 1.29 is 9.53 Å². The van der Waals surface area contributed by atoms with Crippen LogP contribution in [0.2, 0.25) is 0 Å². The highest BCUT2D eigenvalue weighted by Gasteiger charge is 2.20. The molecule has 2 aromatic carbocycles. The van der Waals surface area contributed by atoms with Crippen LogP contribution in [0.15, 0.2) is 53.9 Å². The summed E-state index contributed by atoms with van der Waals surface area (Å²) in [7, 11) is 1.40. The average Bonchev–Trinajstić information content (AvgIpc) is 3.61. The molecule has 0 saturated carbocycles. The number of rotatable bonds is 8. The van der Waals surface area contributed by atoms with Crippen LogP contribution in [0.25, 0.3) is 33.5 Å². The second kappa shape index (κ2) is 9.56. The summed E-state index contributed by atoms with van der Waals surface area (Å²) < 4.78 is 7.17. The lowest BCUT2D eigenvalue weighted by atomic mass is 9.98. The number of methoxy groups -OCH3 is 1. The maximum absolute atomic E-state index is 12.2. The molecule has 1 N–H and O–H groups in total. The molecule has 0 aliphatic rings. The molecule has 0 bridgehead atoms. The van der Waals surface area contributed by atoms with Crippen LogP contribution < -0.4 is 0 Å². The number of aryl methyl sites for hydroxylation is 1. The van der Waals surface area contributed by atoms with Crippen LogP contribution in [-0.2, 0) is 17.7 Å². The Morgan fingerprint density at radius 1 is 1.12 bits per heavy atom. The Morgan fingerprint density at radius 2 is 1.91 bits per heavy atom. The molecule has 5 aromatic rings. The van der Waals surface area contributed by atoms with Gasteiger partial charge in [-0.15, -0.1) is 21.5 Å². The zero-order valence-corrected chi connectivity index (χ0v) is 19.8. The van der Waals surface area contributed by atoms with Gasteiger partial charge in [-0.3, -0.25) is 0 Å². The number of imidazole rings is 1. The lowest BCUT2D eigenvalue weighted by Gasteiger charge is -2.11. The second-order valence-corrected chi connectivity index (χ2v) is 8.87. The number of unbranched alkanes of at least 4 members (excludes halogenated alkanes) is 1. The van der Waals surface area contributed by atoms with Gasteiger partial charge in [-0.2, -0.15) is 5.21 Å². The fraction of sp³-hybridized carbons (Fsp3) is 0.240. The Bertz CT molecular complexity index is 1420. The Morgan fingerprint density at radius 3 is 2.62 bits per heavy atom. The number of carbonyl (C=O) groups excluding carboxylic acids is 1. The Hall–Kier alpha value is -3.85. The van der Waals surface area contributed by atoms with Crippen LogP contribution in [0.5, 0.6) is 0 Å². The number of ether oxygens (including phenoxy) is 1. The van der Waals surface area contributed by atoms with Gasteiger partial charge in [0.2, 0.25) is 5.82 Å². The molecule has 0 saturated heterocycles. The van der Waals surface area contributed by atoms with Crippen molar-refractivity contribution in [3.05, 3.63) is 70.2 Å². The van der Waals surface area contributed by atoms with Crippen molar-refractivity contribution >= 4 is 28.3 Å². The molecule has 0 aliphatic carbocycles. The van der Waals surface area contributed by atoms with Gasteiger partial charge in [-0.25, -0.2) is 9.78 Å². The lowest BCUT2D eigenvalue weighted by Crippen LogP contribution is -2.05. The lowest BCUT2D eigenvalue weighted by molar-refractivity contribution is 0.0608. The zero-order chi connectivity index (χ0) is 23.5. The summed E-state index contributed by atoms with van der Waals surface area (Å²) in [5.74, 6) is 1.23. The number of aromatic nitrogens is 6. The van der Waals surface area contributed by atoms with Crippen LogP contribution in [0, 0.1) is 0 Å². The van der Waals surface area contributed by atoms with E-state index in [1.807, 2.05) is 23.6 Å². The van der Waals surface area contributed by atoms with E-state index in [0.717, 1.165) is 58.4 Å². The summed E-state index contributed by atoms with van der Waals surface area (Å²) in [6, 6.07) is 16.5. The molecule has 0 fully saturated rings. The van der Waals surface area contributed by atoms with E-state index in [1.165, 1.54) is 18.4 Å². The number of thiophene rings is 1. The first kappa shape index (κ1) is 22.0. The number of tetrazole rings is 1. The van der Waals surface area contributed by atoms with E-state index < -0.39 is 0 Å². The maximum atomic E-state index is 12.2. The summed E-state index contributed by atoms with van der Waals surface area (Å²) in [4.78, 5) is 17.6. The third-order valence-electron chi connectivity index (χ3n) is 5.83. The van der Waals surface area contributed by atoms with Gasteiger partial charge in [0.25, 0.3) is 0 Å². The number of carbonyl (C=O) groups is 1. The minimum absolute atomic E-state index is 0.337. The normalized spacial score (nSPS) is 11.2. The summed E-state index contributed by atoms with van der Waals surface area (Å²) in [5, 5.41) is 16.5. The molecule has 0 aliphatic heterocycles. The third-order valence-corrected chi connectivity index (χ3v) is 6.77. The van der Waals surface area contributed by atoms with Gasteiger partial charge in [-0.1, -0.05) is 61.9 Å². The summed E-state index contributed by atoms with van der Waals surface area (Å²) in [6.45, 7) is 2.85. The standard InChI is InChI=1S/C25H24N6O2S/c1-3-4-9-21-26-22-20(15-34-23(22)25(32)33-2)31(21)14-16-10-12-17(13-11-16)18-7-5-6-8-19(18)24-27-29-30-28-24/h5-8,10-13,15H,3-4,9,14H2,1-2H3,(H,27,28,29,30). The van der Waals surface area contributed by atoms with Crippen molar-refractivity contribution in [1.82, 2.24) is 30.2 Å².